The summed E-state index contributed by atoms with van der Waals surface area (Å²) in [5, 5.41) is 1.54. The zero-order valence-corrected chi connectivity index (χ0v) is 11.8. The SMILES string of the molecule is CN(C(N)=S)c1c2c(nc3ccccc13)CCCC2. The minimum Gasteiger partial charge on any atom is -0.376 e. The van der Waals surface area contributed by atoms with E-state index in [4.69, 9.17) is 22.9 Å². The second kappa shape index (κ2) is 4.78. The number of fused-ring (bicyclic) bond motifs is 2. The third-order valence-electron chi connectivity index (χ3n) is 3.81. The highest BCUT2D eigenvalue weighted by Gasteiger charge is 2.21. The number of benzene rings is 1. The third kappa shape index (κ3) is 2.06. The lowest BCUT2D eigenvalue weighted by molar-refractivity contribution is 0.671. The van der Waals surface area contributed by atoms with Gasteiger partial charge in [0.2, 0.25) is 0 Å². The molecular weight excluding hydrogens is 254 g/mol. The van der Waals surface area contributed by atoms with Crippen molar-refractivity contribution in [2.24, 2.45) is 5.73 Å². The molecule has 0 unspecified atom stereocenters. The number of rotatable bonds is 1. The zero-order valence-electron chi connectivity index (χ0n) is 11.0. The van der Waals surface area contributed by atoms with Crippen LogP contribution in [0.1, 0.15) is 24.1 Å². The number of aromatic nitrogens is 1. The number of pyridine rings is 1. The lowest BCUT2D eigenvalue weighted by Gasteiger charge is -2.26. The van der Waals surface area contributed by atoms with Crippen LogP contribution in [0.15, 0.2) is 24.3 Å². The van der Waals surface area contributed by atoms with Crippen LogP contribution in [0.2, 0.25) is 0 Å². The fraction of sp³-hybridized carbons (Fsp3) is 0.333. The molecule has 0 fully saturated rings. The average molecular weight is 271 g/mol. The van der Waals surface area contributed by atoms with Gasteiger partial charge in [-0.2, -0.15) is 0 Å². The molecule has 0 saturated carbocycles. The van der Waals surface area contributed by atoms with Gasteiger partial charge in [-0.3, -0.25) is 4.98 Å². The van der Waals surface area contributed by atoms with Gasteiger partial charge in [-0.15, -0.1) is 0 Å². The van der Waals surface area contributed by atoms with E-state index < -0.39 is 0 Å². The minimum absolute atomic E-state index is 0.407. The first-order chi connectivity index (χ1) is 9.18. The van der Waals surface area contributed by atoms with Crippen LogP contribution in [-0.2, 0) is 12.8 Å². The van der Waals surface area contributed by atoms with Crippen molar-refractivity contribution in [2.45, 2.75) is 25.7 Å². The van der Waals surface area contributed by atoms with Crippen molar-refractivity contribution < 1.29 is 0 Å². The number of aryl methyl sites for hydroxylation is 1. The summed E-state index contributed by atoms with van der Waals surface area (Å²) in [6.45, 7) is 0. The molecule has 0 spiro atoms. The topological polar surface area (TPSA) is 42.1 Å². The van der Waals surface area contributed by atoms with E-state index in [-0.39, 0.29) is 0 Å². The lowest BCUT2D eigenvalue weighted by atomic mass is 9.92. The highest BCUT2D eigenvalue weighted by Crippen LogP contribution is 2.35. The summed E-state index contributed by atoms with van der Waals surface area (Å²) in [7, 11) is 1.94. The summed E-state index contributed by atoms with van der Waals surface area (Å²) in [5.41, 5.74) is 10.5. The summed E-state index contributed by atoms with van der Waals surface area (Å²) in [6, 6.07) is 8.22. The molecule has 3 nitrogen and oxygen atoms in total. The summed E-state index contributed by atoms with van der Waals surface area (Å²) in [4.78, 5) is 6.73. The van der Waals surface area contributed by atoms with Crippen LogP contribution in [0.25, 0.3) is 10.9 Å². The van der Waals surface area contributed by atoms with E-state index in [1.807, 2.05) is 24.1 Å². The molecule has 0 aliphatic heterocycles. The van der Waals surface area contributed by atoms with Crippen molar-refractivity contribution in [3.05, 3.63) is 35.5 Å². The van der Waals surface area contributed by atoms with E-state index in [0.717, 1.165) is 29.4 Å². The van der Waals surface area contributed by atoms with Gasteiger partial charge in [0.25, 0.3) is 0 Å². The molecule has 98 valence electrons. The van der Waals surface area contributed by atoms with Gasteiger partial charge < -0.3 is 10.6 Å². The van der Waals surface area contributed by atoms with Crippen molar-refractivity contribution in [3.63, 3.8) is 0 Å². The number of nitrogens with zero attached hydrogens (tertiary/aromatic N) is 2. The molecule has 3 rings (SSSR count). The minimum atomic E-state index is 0.407. The van der Waals surface area contributed by atoms with E-state index in [0.29, 0.717) is 5.11 Å². The summed E-state index contributed by atoms with van der Waals surface area (Å²) < 4.78 is 0. The van der Waals surface area contributed by atoms with Crippen molar-refractivity contribution in [2.75, 3.05) is 11.9 Å². The van der Waals surface area contributed by atoms with Gasteiger partial charge in [0.15, 0.2) is 5.11 Å². The molecule has 1 heterocycles. The molecular formula is C15H17N3S. The first-order valence-electron chi connectivity index (χ1n) is 6.62. The molecule has 0 amide bonds. The maximum atomic E-state index is 5.83. The molecule has 0 bridgehead atoms. The fourth-order valence-corrected chi connectivity index (χ4v) is 2.93. The molecule has 4 heteroatoms. The van der Waals surface area contributed by atoms with Crippen LogP contribution < -0.4 is 10.6 Å². The zero-order chi connectivity index (χ0) is 13.4. The lowest BCUT2D eigenvalue weighted by Crippen LogP contribution is -2.33. The monoisotopic (exact) mass is 271 g/mol. The Hall–Kier alpha value is -1.68. The Morgan fingerprint density at radius 2 is 2.00 bits per heavy atom. The molecule has 1 aliphatic rings. The van der Waals surface area contributed by atoms with E-state index in [2.05, 4.69) is 12.1 Å². The first-order valence-corrected chi connectivity index (χ1v) is 7.03. The number of hydrogen-bond donors (Lipinski definition) is 1. The Labute approximate surface area is 118 Å². The average Bonchev–Trinajstić information content (AvgIpc) is 2.43. The fourth-order valence-electron chi connectivity index (χ4n) is 2.84. The Morgan fingerprint density at radius 1 is 1.26 bits per heavy atom. The highest BCUT2D eigenvalue weighted by atomic mass is 32.1. The summed E-state index contributed by atoms with van der Waals surface area (Å²) in [6.07, 6.45) is 4.55. The number of nitrogens with two attached hydrogens (primary N) is 1. The van der Waals surface area contributed by atoms with Crippen LogP contribution in [0.5, 0.6) is 0 Å². The predicted molar refractivity (Wildman–Crippen MR) is 83.6 cm³/mol. The summed E-state index contributed by atoms with van der Waals surface area (Å²) in [5.74, 6) is 0. The first kappa shape index (κ1) is 12.4. The van der Waals surface area contributed by atoms with Gasteiger partial charge in [-0.25, -0.2) is 0 Å². The second-order valence-corrected chi connectivity index (χ2v) is 5.43. The Kier molecular flexibility index (Phi) is 3.11. The third-order valence-corrected chi connectivity index (χ3v) is 4.08. The van der Waals surface area contributed by atoms with Gasteiger partial charge in [0.1, 0.15) is 0 Å². The number of para-hydroxylation sites is 1. The van der Waals surface area contributed by atoms with Crippen molar-refractivity contribution in [3.8, 4) is 0 Å². The number of anilines is 1. The molecule has 0 radical (unpaired) electrons. The largest absolute Gasteiger partial charge is 0.376 e. The molecule has 1 aromatic heterocycles. The number of hydrogen-bond acceptors (Lipinski definition) is 2. The predicted octanol–water partition coefficient (Wildman–Crippen LogP) is 2.79. The molecule has 19 heavy (non-hydrogen) atoms. The molecule has 1 aliphatic carbocycles. The van der Waals surface area contributed by atoms with E-state index >= 15 is 0 Å². The van der Waals surface area contributed by atoms with Gasteiger partial charge in [0.05, 0.1) is 11.2 Å². The van der Waals surface area contributed by atoms with Gasteiger partial charge >= 0.3 is 0 Å². The van der Waals surface area contributed by atoms with Crippen LogP contribution in [-0.4, -0.2) is 17.1 Å². The summed E-state index contributed by atoms with van der Waals surface area (Å²) >= 11 is 5.15. The van der Waals surface area contributed by atoms with E-state index in [1.54, 1.807) is 0 Å². The number of thiocarbonyl (C=S) groups is 1. The van der Waals surface area contributed by atoms with Crippen molar-refractivity contribution in [1.29, 1.82) is 0 Å². The van der Waals surface area contributed by atoms with E-state index in [9.17, 15) is 0 Å². The Morgan fingerprint density at radius 3 is 2.79 bits per heavy atom. The van der Waals surface area contributed by atoms with Gasteiger partial charge in [-0.05, 0) is 49.5 Å². The second-order valence-electron chi connectivity index (χ2n) is 5.01. The molecule has 2 aromatic rings. The normalized spacial score (nSPS) is 14.2. The van der Waals surface area contributed by atoms with Crippen molar-refractivity contribution in [1.82, 2.24) is 4.98 Å². The molecule has 0 saturated heterocycles. The van der Waals surface area contributed by atoms with Crippen LogP contribution >= 0.6 is 12.2 Å². The smallest absolute Gasteiger partial charge is 0.170 e. The maximum absolute atomic E-state index is 5.83. The maximum Gasteiger partial charge on any atom is 0.170 e. The van der Waals surface area contributed by atoms with Gasteiger partial charge in [-0.1, -0.05) is 18.2 Å². The molecule has 1 aromatic carbocycles. The molecule has 2 N–H and O–H groups in total. The Bertz CT molecular complexity index is 651. The standard InChI is InChI=1S/C15H17N3S/c1-18(15(16)19)14-10-6-2-4-8-12(10)17-13-9-5-3-7-11(13)14/h2,4,6,8H,3,5,7,9H2,1H3,(H2,16,19). The van der Waals surface area contributed by atoms with Crippen molar-refractivity contribution >= 4 is 33.9 Å². The quantitative estimate of drug-likeness (QED) is 0.810. The Balaban J connectivity index is 2.34. The van der Waals surface area contributed by atoms with Crippen LogP contribution in [0, 0.1) is 0 Å². The van der Waals surface area contributed by atoms with Gasteiger partial charge in [0, 0.05) is 18.1 Å². The van der Waals surface area contributed by atoms with Crippen LogP contribution in [0.3, 0.4) is 0 Å². The van der Waals surface area contributed by atoms with E-state index in [1.165, 1.54) is 24.1 Å². The highest BCUT2D eigenvalue weighted by molar-refractivity contribution is 7.80. The molecule has 0 atom stereocenters. The van der Waals surface area contributed by atoms with Crippen LogP contribution in [0.4, 0.5) is 5.69 Å².